The van der Waals surface area contributed by atoms with Crippen LogP contribution < -0.4 is 5.73 Å². The molecule has 0 radical (unpaired) electrons. The van der Waals surface area contributed by atoms with Crippen LogP contribution >= 0.6 is 0 Å². The molecule has 0 amide bonds. The van der Waals surface area contributed by atoms with Gasteiger partial charge in [-0.1, -0.05) is 0 Å². The van der Waals surface area contributed by atoms with Crippen LogP contribution in [0.2, 0.25) is 0 Å². The van der Waals surface area contributed by atoms with Gasteiger partial charge in [0.05, 0.1) is 0 Å². The maximum Gasteiger partial charge on any atom is 0.244 e. The molecule has 0 saturated carbocycles. The van der Waals surface area contributed by atoms with Gasteiger partial charge in [-0.2, -0.15) is 4.31 Å². The summed E-state index contributed by atoms with van der Waals surface area (Å²) in [7, 11) is -3.39. The maximum absolute atomic E-state index is 12.4. The Kier molecular flexibility index (Phi) is 5.47. The highest BCUT2D eigenvalue weighted by Crippen LogP contribution is 2.16. The largest absolute Gasteiger partial charge is 0.330 e. The van der Waals surface area contributed by atoms with Crippen molar-refractivity contribution in [1.29, 1.82) is 0 Å². The van der Waals surface area contributed by atoms with E-state index in [1.165, 1.54) is 6.20 Å². The zero-order valence-corrected chi connectivity index (χ0v) is 12.4. The summed E-state index contributed by atoms with van der Waals surface area (Å²) in [5.41, 5.74) is 5.48. The standard InChI is InChI=1S/C13H22N4O2S/c14-5-1-2-7-16-8-10-17(11-9-16)20(18,19)13-4-3-6-15-12-13/h3-4,6,12H,1-2,5,7-11,14H2. The van der Waals surface area contributed by atoms with Gasteiger partial charge in [0.15, 0.2) is 0 Å². The molecule has 0 atom stereocenters. The Morgan fingerprint density at radius 1 is 1.20 bits per heavy atom. The number of nitrogens with zero attached hydrogens (tertiary/aromatic N) is 3. The summed E-state index contributed by atoms with van der Waals surface area (Å²) in [5, 5.41) is 0. The first kappa shape index (κ1) is 15.4. The number of rotatable bonds is 6. The van der Waals surface area contributed by atoms with Crippen LogP contribution in [0.1, 0.15) is 12.8 Å². The van der Waals surface area contributed by atoms with Crippen molar-refractivity contribution in [3.8, 4) is 0 Å². The van der Waals surface area contributed by atoms with E-state index in [4.69, 9.17) is 5.73 Å². The molecule has 0 unspecified atom stereocenters. The first-order valence-corrected chi connectivity index (χ1v) is 8.41. The van der Waals surface area contributed by atoms with E-state index in [0.29, 0.717) is 13.1 Å². The summed E-state index contributed by atoms with van der Waals surface area (Å²) < 4.78 is 26.4. The Balaban J connectivity index is 1.90. The lowest BCUT2D eigenvalue weighted by atomic mass is 10.2. The molecule has 1 aliphatic rings. The Morgan fingerprint density at radius 2 is 1.95 bits per heavy atom. The van der Waals surface area contributed by atoms with E-state index < -0.39 is 10.0 Å². The normalized spacial score (nSPS) is 18.2. The SMILES string of the molecule is NCCCCN1CCN(S(=O)(=O)c2cccnc2)CC1. The minimum atomic E-state index is -3.39. The second-order valence-electron chi connectivity index (χ2n) is 4.93. The van der Waals surface area contributed by atoms with E-state index in [2.05, 4.69) is 9.88 Å². The van der Waals surface area contributed by atoms with E-state index in [1.807, 2.05) is 0 Å². The molecule has 2 heterocycles. The molecule has 1 aromatic heterocycles. The van der Waals surface area contributed by atoms with Crippen molar-refractivity contribution in [2.24, 2.45) is 5.73 Å². The number of sulfonamides is 1. The van der Waals surface area contributed by atoms with Crippen molar-refractivity contribution in [3.05, 3.63) is 24.5 Å². The third-order valence-corrected chi connectivity index (χ3v) is 5.41. The second-order valence-corrected chi connectivity index (χ2v) is 6.87. The first-order valence-electron chi connectivity index (χ1n) is 6.97. The highest BCUT2D eigenvalue weighted by molar-refractivity contribution is 7.89. The lowest BCUT2D eigenvalue weighted by Gasteiger charge is -2.33. The van der Waals surface area contributed by atoms with Crippen LogP contribution in [-0.2, 0) is 10.0 Å². The van der Waals surface area contributed by atoms with Gasteiger partial charge in [-0.25, -0.2) is 8.42 Å². The van der Waals surface area contributed by atoms with E-state index >= 15 is 0 Å². The zero-order valence-electron chi connectivity index (χ0n) is 11.6. The number of nitrogens with two attached hydrogens (primary N) is 1. The van der Waals surface area contributed by atoms with Gasteiger partial charge in [0.1, 0.15) is 4.90 Å². The van der Waals surface area contributed by atoms with Crippen LogP contribution in [0, 0.1) is 0 Å². The van der Waals surface area contributed by atoms with Crippen LogP contribution in [0.4, 0.5) is 0 Å². The van der Waals surface area contributed by atoms with Crippen LogP contribution in [0.25, 0.3) is 0 Å². The van der Waals surface area contributed by atoms with Gasteiger partial charge in [0.25, 0.3) is 0 Å². The van der Waals surface area contributed by atoms with Crippen LogP contribution in [0.15, 0.2) is 29.4 Å². The van der Waals surface area contributed by atoms with Gasteiger partial charge < -0.3 is 10.6 Å². The Bertz CT molecular complexity index is 498. The number of pyridine rings is 1. The van der Waals surface area contributed by atoms with Crippen molar-refractivity contribution >= 4 is 10.0 Å². The number of hydrogen-bond donors (Lipinski definition) is 1. The molecule has 1 aromatic rings. The van der Waals surface area contributed by atoms with Crippen molar-refractivity contribution in [1.82, 2.24) is 14.2 Å². The average molecular weight is 298 g/mol. The van der Waals surface area contributed by atoms with Crippen LogP contribution in [0.3, 0.4) is 0 Å². The monoisotopic (exact) mass is 298 g/mol. The molecule has 7 heteroatoms. The quantitative estimate of drug-likeness (QED) is 0.755. The fourth-order valence-corrected chi connectivity index (χ4v) is 3.71. The van der Waals surface area contributed by atoms with Crippen molar-refractivity contribution in [2.45, 2.75) is 17.7 Å². The smallest absolute Gasteiger partial charge is 0.244 e. The van der Waals surface area contributed by atoms with Gasteiger partial charge in [-0.05, 0) is 38.1 Å². The predicted molar refractivity (Wildman–Crippen MR) is 77.7 cm³/mol. The number of unbranched alkanes of at least 4 members (excludes halogenated alkanes) is 1. The molecule has 20 heavy (non-hydrogen) atoms. The molecule has 1 saturated heterocycles. The summed E-state index contributed by atoms with van der Waals surface area (Å²) in [5.74, 6) is 0. The molecule has 2 rings (SSSR count). The van der Waals surface area contributed by atoms with Gasteiger partial charge >= 0.3 is 0 Å². The van der Waals surface area contributed by atoms with Crippen molar-refractivity contribution in [3.63, 3.8) is 0 Å². The molecule has 0 aliphatic carbocycles. The van der Waals surface area contributed by atoms with Crippen molar-refractivity contribution in [2.75, 3.05) is 39.3 Å². The zero-order chi connectivity index (χ0) is 14.4. The summed E-state index contributed by atoms with van der Waals surface area (Å²) in [6, 6.07) is 3.24. The van der Waals surface area contributed by atoms with Gasteiger partial charge in [-0.3, -0.25) is 4.98 Å². The molecule has 0 bridgehead atoms. The molecule has 2 N–H and O–H groups in total. The fraction of sp³-hybridized carbons (Fsp3) is 0.615. The molecule has 6 nitrogen and oxygen atoms in total. The summed E-state index contributed by atoms with van der Waals surface area (Å²) >= 11 is 0. The lowest BCUT2D eigenvalue weighted by Crippen LogP contribution is -2.48. The van der Waals surface area contributed by atoms with Gasteiger partial charge in [-0.15, -0.1) is 0 Å². The average Bonchev–Trinajstić information content (AvgIpc) is 2.49. The maximum atomic E-state index is 12.4. The van der Waals surface area contributed by atoms with Crippen LogP contribution in [0.5, 0.6) is 0 Å². The Morgan fingerprint density at radius 3 is 2.55 bits per heavy atom. The highest BCUT2D eigenvalue weighted by Gasteiger charge is 2.28. The molecule has 1 aliphatic heterocycles. The summed E-state index contributed by atoms with van der Waals surface area (Å²) in [6.45, 7) is 4.36. The second kappa shape index (κ2) is 7.12. The van der Waals surface area contributed by atoms with E-state index in [1.54, 1.807) is 22.6 Å². The number of hydrogen-bond acceptors (Lipinski definition) is 5. The molecule has 0 aromatic carbocycles. The fourth-order valence-electron chi connectivity index (χ4n) is 2.32. The molecule has 0 spiro atoms. The lowest BCUT2D eigenvalue weighted by molar-refractivity contribution is 0.186. The highest BCUT2D eigenvalue weighted by atomic mass is 32.2. The Hall–Kier alpha value is -1.02. The first-order chi connectivity index (χ1) is 9.64. The Labute approximate surface area is 120 Å². The van der Waals surface area contributed by atoms with Crippen molar-refractivity contribution < 1.29 is 8.42 Å². The third-order valence-electron chi connectivity index (χ3n) is 3.53. The minimum Gasteiger partial charge on any atom is -0.330 e. The van der Waals surface area contributed by atoms with Gasteiger partial charge in [0.2, 0.25) is 10.0 Å². The predicted octanol–water partition coefficient (Wildman–Crippen LogP) is 0.127. The summed E-state index contributed by atoms with van der Waals surface area (Å²) in [4.78, 5) is 6.45. The molecule has 1 fully saturated rings. The summed E-state index contributed by atoms with van der Waals surface area (Å²) in [6.07, 6.45) is 5.08. The molecule has 112 valence electrons. The number of piperazine rings is 1. The molecular weight excluding hydrogens is 276 g/mol. The van der Waals surface area contributed by atoms with E-state index in [9.17, 15) is 8.42 Å². The van der Waals surface area contributed by atoms with E-state index in [-0.39, 0.29) is 4.90 Å². The van der Waals surface area contributed by atoms with Crippen LogP contribution in [-0.4, -0.2) is 61.9 Å². The third kappa shape index (κ3) is 3.76. The van der Waals surface area contributed by atoms with E-state index in [0.717, 1.165) is 39.0 Å². The van der Waals surface area contributed by atoms with Gasteiger partial charge in [0, 0.05) is 38.6 Å². The topological polar surface area (TPSA) is 79.5 Å². The minimum absolute atomic E-state index is 0.275. The molecular formula is C13H22N4O2S. The number of aromatic nitrogens is 1.